The van der Waals surface area contributed by atoms with Gasteiger partial charge in [-0.3, -0.25) is 0 Å². The summed E-state index contributed by atoms with van der Waals surface area (Å²) in [6, 6.07) is -1.50. The fourth-order valence-corrected chi connectivity index (χ4v) is 2.77. The topological polar surface area (TPSA) is 121 Å². The molecule has 0 aromatic carbocycles. The standard InChI is InChI=1S/C23H39NO9/c1-11-23(9,10)31-16-13-29-12-15(18(26)30-14(2)17(16)25)24(19(27)32-21(3,4)5)20(28)33-22(6,7)8/h11,14-17,25H,1,12-13H2,2-10H3/t14-,15-,16-,17-/m0/s1. The van der Waals surface area contributed by atoms with Gasteiger partial charge in [0.25, 0.3) is 0 Å². The number of rotatable bonds is 4. The lowest BCUT2D eigenvalue weighted by Gasteiger charge is -2.32. The Balaban J connectivity index is 3.27. The Bertz CT molecular complexity index is 692. The molecule has 0 bridgehead atoms. The van der Waals surface area contributed by atoms with Gasteiger partial charge in [0.1, 0.15) is 29.5 Å². The van der Waals surface area contributed by atoms with Gasteiger partial charge in [-0.25, -0.2) is 14.4 Å². The highest BCUT2D eigenvalue weighted by molar-refractivity contribution is 5.94. The van der Waals surface area contributed by atoms with Crippen LogP contribution in [-0.2, 0) is 28.5 Å². The first-order valence-electron chi connectivity index (χ1n) is 10.9. The van der Waals surface area contributed by atoms with Crippen molar-refractivity contribution < 1.29 is 43.2 Å². The summed E-state index contributed by atoms with van der Waals surface area (Å²) in [6.45, 7) is 17.9. The van der Waals surface area contributed by atoms with Gasteiger partial charge in [0.15, 0.2) is 6.04 Å². The molecule has 1 saturated heterocycles. The van der Waals surface area contributed by atoms with E-state index >= 15 is 0 Å². The maximum absolute atomic E-state index is 13.0. The van der Waals surface area contributed by atoms with E-state index < -0.39 is 65.9 Å². The molecular weight excluding hydrogens is 434 g/mol. The maximum Gasteiger partial charge on any atom is 0.420 e. The highest BCUT2D eigenvalue weighted by Gasteiger charge is 2.44. The van der Waals surface area contributed by atoms with Crippen LogP contribution in [0.2, 0.25) is 0 Å². The molecule has 1 fully saturated rings. The molecule has 4 atom stereocenters. The molecule has 0 spiro atoms. The molecule has 0 saturated carbocycles. The van der Waals surface area contributed by atoms with E-state index in [2.05, 4.69) is 6.58 Å². The number of carbonyl (C=O) groups excluding carboxylic acids is 3. The van der Waals surface area contributed by atoms with Crippen LogP contribution in [0.1, 0.15) is 62.3 Å². The lowest BCUT2D eigenvalue weighted by molar-refractivity contribution is -0.169. The third-order valence-electron chi connectivity index (χ3n) is 4.43. The van der Waals surface area contributed by atoms with Gasteiger partial charge in [-0.1, -0.05) is 6.08 Å². The number of aliphatic hydroxyl groups is 1. The summed E-state index contributed by atoms with van der Waals surface area (Å²) in [5.41, 5.74) is -2.68. The summed E-state index contributed by atoms with van der Waals surface area (Å²) in [7, 11) is 0. The van der Waals surface area contributed by atoms with Crippen molar-refractivity contribution in [1.29, 1.82) is 0 Å². The van der Waals surface area contributed by atoms with Gasteiger partial charge < -0.3 is 28.8 Å². The fourth-order valence-electron chi connectivity index (χ4n) is 2.77. The predicted octanol–water partition coefficient (Wildman–Crippen LogP) is 3.20. The highest BCUT2D eigenvalue weighted by Crippen LogP contribution is 2.23. The van der Waals surface area contributed by atoms with Crippen molar-refractivity contribution in [3.63, 3.8) is 0 Å². The first kappa shape index (κ1) is 28.9. The maximum atomic E-state index is 13.0. The molecule has 2 amide bonds. The SMILES string of the molecule is C=CC(C)(C)O[C@H]1COC[C@H](N(C(=O)OC(C)(C)C)C(=O)OC(C)(C)C)C(=O)O[C@@H](C)[C@@H]1O. The monoisotopic (exact) mass is 473 g/mol. The quantitative estimate of drug-likeness (QED) is 0.373. The van der Waals surface area contributed by atoms with Crippen molar-refractivity contribution in [3.8, 4) is 0 Å². The number of hydrogen-bond acceptors (Lipinski definition) is 9. The van der Waals surface area contributed by atoms with E-state index in [9.17, 15) is 19.5 Å². The zero-order valence-electron chi connectivity index (χ0n) is 21.2. The second-order valence-corrected chi connectivity index (χ2v) is 10.5. The van der Waals surface area contributed by atoms with E-state index in [-0.39, 0.29) is 6.61 Å². The lowest BCUT2D eigenvalue weighted by Crippen LogP contribution is -2.54. The minimum absolute atomic E-state index is 0.133. The molecule has 10 nitrogen and oxygen atoms in total. The molecule has 0 aromatic heterocycles. The Hall–Kier alpha value is -2.17. The predicted molar refractivity (Wildman–Crippen MR) is 120 cm³/mol. The van der Waals surface area contributed by atoms with E-state index in [1.165, 1.54) is 6.92 Å². The number of cyclic esters (lactones) is 1. The van der Waals surface area contributed by atoms with Crippen LogP contribution < -0.4 is 0 Å². The third-order valence-corrected chi connectivity index (χ3v) is 4.43. The van der Waals surface area contributed by atoms with Crippen LogP contribution in [0.5, 0.6) is 0 Å². The Labute approximate surface area is 196 Å². The minimum atomic E-state index is -1.50. The van der Waals surface area contributed by atoms with Gasteiger partial charge >= 0.3 is 18.2 Å². The molecule has 1 aliphatic heterocycles. The zero-order chi connectivity index (χ0) is 25.8. The zero-order valence-corrected chi connectivity index (χ0v) is 21.2. The Morgan fingerprint density at radius 2 is 1.52 bits per heavy atom. The summed E-state index contributed by atoms with van der Waals surface area (Å²) < 4.78 is 27.5. The summed E-state index contributed by atoms with van der Waals surface area (Å²) in [4.78, 5) is 39.3. The number of ether oxygens (including phenoxy) is 5. The summed E-state index contributed by atoms with van der Waals surface area (Å²) in [6.07, 6.45) is -3.73. The average Bonchev–Trinajstić information content (AvgIpc) is 2.65. The third kappa shape index (κ3) is 9.30. The Kier molecular flexibility index (Phi) is 9.48. The first-order valence-corrected chi connectivity index (χ1v) is 10.9. The molecule has 190 valence electrons. The summed E-state index contributed by atoms with van der Waals surface area (Å²) >= 11 is 0. The van der Waals surface area contributed by atoms with Gasteiger partial charge in [0.05, 0.1) is 18.8 Å². The summed E-state index contributed by atoms with van der Waals surface area (Å²) in [5.74, 6) is -0.957. The summed E-state index contributed by atoms with van der Waals surface area (Å²) in [5, 5.41) is 10.7. The molecule has 0 aromatic rings. The number of carbonyl (C=O) groups is 3. The van der Waals surface area contributed by atoms with E-state index in [1.807, 2.05) is 0 Å². The van der Waals surface area contributed by atoms with E-state index in [0.29, 0.717) is 4.90 Å². The second-order valence-electron chi connectivity index (χ2n) is 10.5. The van der Waals surface area contributed by atoms with Crippen LogP contribution in [0, 0.1) is 0 Å². The number of imide groups is 1. The van der Waals surface area contributed by atoms with E-state index in [0.717, 1.165) is 0 Å². The molecule has 0 aliphatic carbocycles. The molecule has 1 aliphatic rings. The number of hydrogen-bond donors (Lipinski definition) is 1. The normalized spacial score (nSPS) is 25.1. The molecule has 0 unspecified atom stereocenters. The molecular formula is C23H39NO9. The largest absolute Gasteiger partial charge is 0.458 e. The number of aliphatic hydroxyl groups excluding tert-OH is 1. The van der Waals surface area contributed by atoms with Crippen molar-refractivity contribution >= 4 is 18.2 Å². The van der Waals surface area contributed by atoms with Crippen LogP contribution in [0.4, 0.5) is 9.59 Å². The van der Waals surface area contributed by atoms with Crippen LogP contribution in [0.25, 0.3) is 0 Å². The van der Waals surface area contributed by atoms with Gasteiger partial charge in [-0.2, -0.15) is 4.90 Å². The van der Waals surface area contributed by atoms with Gasteiger partial charge in [0.2, 0.25) is 0 Å². The fraction of sp³-hybridized carbons (Fsp3) is 0.783. The van der Waals surface area contributed by atoms with Crippen molar-refractivity contribution in [3.05, 3.63) is 12.7 Å². The Morgan fingerprint density at radius 1 is 1.03 bits per heavy atom. The molecule has 1 N–H and O–H groups in total. The van der Waals surface area contributed by atoms with E-state index in [4.69, 9.17) is 23.7 Å². The van der Waals surface area contributed by atoms with Crippen LogP contribution in [0.3, 0.4) is 0 Å². The van der Waals surface area contributed by atoms with Crippen molar-refractivity contribution in [2.24, 2.45) is 0 Å². The van der Waals surface area contributed by atoms with Crippen LogP contribution >= 0.6 is 0 Å². The number of amides is 2. The van der Waals surface area contributed by atoms with Crippen molar-refractivity contribution in [2.75, 3.05) is 13.2 Å². The lowest BCUT2D eigenvalue weighted by atomic mass is 10.1. The Morgan fingerprint density at radius 3 is 1.94 bits per heavy atom. The number of esters is 1. The van der Waals surface area contributed by atoms with Crippen molar-refractivity contribution in [2.45, 2.75) is 103 Å². The van der Waals surface area contributed by atoms with Crippen molar-refractivity contribution in [1.82, 2.24) is 4.90 Å². The molecule has 10 heteroatoms. The molecule has 1 heterocycles. The number of nitrogens with zero attached hydrogens (tertiary/aromatic N) is 1. The van der Waals surface area contributed by atoms with Gasteiger partial charge in [-0.05, 0) is 62.3 Å². The van der Waals surface area contributed by atoms with Gasteiger partial charge in [0, 0.05) is 0 Å². The molecule has 33 heavy (non-hydrogen) atoms. The average molecular weight is 474 g/mol. The highest BCUT2D eigenvalue weighted by atomic mass is 16.6. The first-order chi connectivity index (χ1) is 14.9. The van der Waals surface area contributed by atoms with Gasteiger partial charge in [-0.15, -0.1) is 6.58 Å². The van der Waals surface area contributed by atoms with Crippen LogP contribution in [-0.4, -0.2) is 82.5 Å². The smallest absolute Gasteiger partial charge is 0.420 e. The minimum Gasteiger partial charge on any atom is -0.458 e. The van der Waals surface area contributed by atoms with E-state index in [1.54, 1.807) is 61.5 Å². The second kappa shape index (κ2) is 10.8. The molecule has 1 rings (SSSR count). The molecule has 0 radical (unpaired) electrons. The van der Waals surface area contributed by atoms with Crippen LogP contribution in [0.15, 0.2) is 12.7 Å².